The average molecular weight is 473 g/mol. The number of likely N-dealkylation sites (tertiary alicyclic amines) is 1. The molecule has 2 aromatic carbocycles. The van der Waals surface area contributed by atoms with E-state index in [-0.39, 0.29) is 21.3 Å². The Labute approximate surface area is 178 Å². The number of benzene rings is 2. The molecular formula is C22H21BrN2O3S. The number of nitrogens with zero attached hydrogens (tertiary/aromatic N) is 2. The number of sulfone groups is 1. The fourth-order valence-corrected chi connectivity index (χ4v) is 5.56. The first-order chi connectivity index (χ1) is 13.9. The lowest BCUT2D eigenvalue weighted by atomic mass is 9.98. The molecule has 0 spiro atoms. The van der Waals surface area contributed by atoms with Crippen molar-refractivity contribution in [1.29, 1.82) is 0 Å². The standard InChI is InChI=1S/C22H21BrN2O3S/c1-15-10-12-25(13-11-15)22(26)19-14-24-20-5-3-2-4-18(20)21(19)29(27,28)17-8-6-16(23)7-9-17/h2-9,14-15H,10-13H2,1H3. The van der Waals surface area contributed by atoms with Gasteiger partial charge in [-0.15, -0.1) is 0 Å². The van der Waals surface area contributed by atoms with Gasteiger partial charge in [0.05, 0.1) is 20.9 Å². The van der Waals surface area contributed by atoms with Gasteiger partial charge in [0.25, 0.3) is 5.91 Å². The Morgan fingerprint density at radius 1 is 1.07 bits per heavy atom. The molecule has 7 heteroatoms. The zero-order chi connectivity index (χ0) is 20.6. The predicted octanol–water partition coefficient (Wildman–Crippen LogP) is 4.70. The molecule has 1 aliphatic rings. The van der Waals surface area contributed by atoms with Crippen molar-refractivity contribution in [2.45, 2.75) is 29.6 Å². The van der Waals surface area contributed by atoms with Crippen LogP contribution in [0.3, 0.4) is 0 Å². The number of para-hydroxylation sites is 1. The lowest BCUT2D eigenvalue weighted by Gasteiger charge is -2.30. The summed E-state index contributed by atoms with van der Waals surface area (Å²) >= 11 is 3.34. The Morgan fingerprint density at radius 3 is 2.41 bits per heavy atom. The van der Waals surface area contributed by atoms with Crippen LogP contribution in [0.4, 0.5) is 0 Å². The Bertz CT molecular complexity index is 1170. The normalized spacial score (nSPS) is 15.6. The van der Waals surface area contributed by atoms with Gasteiger partial charge < -0.3 is 4.90 Å². The number of carbonyl (C=O) groups excluding carboxylic acids is 1. The summed E-state index contributed by atoms with van der Waals surface area (Å²) in [4.78, 5) is 19.6. The highest BCUT2D eigenvalue weighted by atomic mass is 79.9. The molecule has 0 radical (unpaired) electrons. The minimum atomic E-state index is -3.92. The summed E-state index contributed by atoms with van der Waals surface area (Å²) in [6.45, 7) is 3.43. The minimum Gasteiger partial charge on any atom is -0.339 e. The molecule has 0 bridgehead atoms. The lowest BCUT2D eigenvalue weighted by molar-refractivity contribution is 0.0693. The topological polar surface area (TPSA) is 67.3 Å². The van der Waals surface area contributed by atoms with Crippen molar-refractivity contribution in [2.75, 3.05) is 13.1 Å². The Balaban J connectivity index is 1.90. The van der Waals surface area contributed by atoms with Crippen LogP contribution in [0.15, 0.2) is 69.0 Å². The van der Waals surface area contributed by atoms with Gasteiger partial charge in [0, 0.05) is 29.1 Å². The number of halogens is 1. The lowest BCUT2D eigenvalue weighted by Crippen LogP contribution is -2.38. The van der Waals surface area contributed by atoms with Crippen LogP contribution >= 0.6 is 15.9 Å². The van der Waals surface area contributed by atoms with Crippen LogP contribution in [-0.2, 0) is 9.84 Å². The highest BCUT2D eigenvalue weighted by Gasteiger charge is 2.31. The van der Waals surface area contributed by atoms with Crippen LogP contribution in [0.25, 0.3) is 10.9 Å². The maximum absolute atomic E-state index is 13.6. The number of amides is 1. The molecule has 4 rings (SSSR count). The van der Waals surface area contributed by atoms with Gasteiger partial charge >= 0.3 is 0 Å². The Kier molecular flexibility index (Phi) is 5.44. The number of carbonyl (C=O) groups is 1. The van der Waals surface area contributed by atoms with Crippen molar-refractivity contribution in [2.24, 2.45) is 5.92 Å². The van der Waals surface area contributed by atoms with E-state index in [1.54, 1.807) is 53.4 Å². The molecule has 150 valence electrons. The van der Waals surface area contributed by atoms with Gasteiger partial charge in [-0.3, -0.25) is 9.78 Å². The van der Waals surface area contributed by atoms with Gasteiger partial charge in [0.2, 0.25) is 9.84 Å². The van der Waals surface area contributed by atoms with E-state index in [4.69, 9.17) is 0 Å². The summed E-state index contributed by atoms with van der Waals surface area (Å²) < 4.78 is 28.0. The monoisotopic (exact) mass is 472 g/mol. The molecule has 1 amide bonds. The second-order valence-corrected chi connectivity index (χ2v) is 10.3. The molecule has 29 heavy (non-hydrogen) atoms. The molecule has 5 nitrogen and oxygen atoms in total. The maximum Gasteiger partial charge on any atom is 0.256 e. The molecule has 0 aliphatic carbocycles. The Morgan fingerprint density at radius 2 is 1.72 bits per heavy atom. The van der Waals surface area contributed by atoms with Crippen LogP contribution in [0.2, 0.25) is 0 Å². The van der Waals surface area contributed by atoms with Gasteiger partial charge in [0.1, 0.15) is 0 Å². The van der Waals surface area contributed by atoms with Crippen LogP contribution in [0.5, 0.6) is 0 Å². The third-order valence-corrected chi connectivity index (χ3v) is 7.82. The number of aromatic nitrogens is 1. The molecule has 0 atom stereocenters. The smallest absolute Gasteiger partial charge is 0.256 e. The number of hydrogen-bond donors (Lipinski definition) is 0. The second-order valence-electron chi connectivity index (χ2n) is 7.45. The van der Waals surface area contributed by atoms with Crippen molar-refractivity contribution in [1.82, 2.24) is 9.88 Å². The molecule has 0 saturated carbocycles. The largest absolute Gasteiger partial charge is 0.339 e. The van der Waals surface area contributed by atoms with Crippen molar-refractivity contribution in [3.8, 4) is 0 Å². The number of pyridine rings is 1. The van der Waals surface area contributed by atoms with E-state index in [1.807, 2.05) is 0 Å². The summed E-state index contributed by atoms with van der Waals surface area (Å²) in [5.74, 6) is 0.297. The van der Waals surface area contributed by atoms with E-state index < -0.39 is 9.84 Å². The average Bonchev–Trinajstić information content (AvgIpc) is 2.73. The van der Waals surface area contributed by atoms with Crippen LogP contribution in [0, 0.1) is 5.92 Å². The molecule has 0 N–H and O–H groups in total. The first kappa shape index (κ1) is 20.0. The van der Waals surface area contributed by atoms with Crippen LogP contribution < -0.4 is 0 Å². The van der Waals surface area contributed by atoms with Crippen molar-refractivity contribution >= 4 is 42.6 Å². The van der Waals surface area contributed by atoms with Crippen molar-refractivity contribution in [3.63, 3.8) is 0 Å². The van der Waals surface area contributed by atoms with Crippen LogP contribution in [-0.4, -0.2) is 37.3 Å². The summed E-state index contributed by atoms with van der Waals surface area (Å²) in [6, 6.07) is 13.5. The number of fused-ring (bicyclic) bond motifs is 1. The summed E-state index contributed by atoms with van der Waals surface area (Å²) in [5, 5.41) is 0.464. The van der Waals surface area contributed by atoms with E-state index in [1.165, 1.54) is 6.20 Å². The first-order valence-corrected chi connectivity index (χ1v) is 11.8. The molecule has 1 aliphatic heterocycles. The zero-order valence-corrected chi connectivity index (χ0v) is 18.4. The van der Waals surface area contributed by atoms with Gasteiger partial charge in [-0.2, -0.15) is 0 Å². The third-order valence-electron chi connectivity index (χ3n) is 5.42. The molecular weight excluding hydrogens is 452 g/mol. The van der Waals surface area contributed by atoms with E-state index in [2.05, 4.69) is 27.8 Å². The molecule has 1 aromatic heterocycles. The fraction of sp³-hybridized carbons (Fsp3) is 0.273. The predicted molar refractivity (Wildman–Crippen MR) is 116 cm³/mol. The number of rotatable bonds is 3. The van der Waals surface area contributed by atoms with E-state index >= 15 is 0 Å². The molecule has 1 saturated heterocycles. The highest BCUT2D eigenvalue weighted by Crippen LogP contribution is 2.32. The van der Waals surface area contributed by atoms with Crippen LogP contribution in [0.1, 0.15) is 30.1 Å². The second kappa shape index (κ2) is 7.88. The van der Waals surface area contributed by atoms with E-state index in [9.17, 15) is 13.2 Å². The van der Waals surface area contributed by atoms with E-state index in [0.717, 1.165) is 17.3 Å². The zero-order valence-electron chi connectivity index (χ0n) is 16.0. The van der Waals surface area contributed by atoms with Crippen molar-refractivity contribution < 1.29 is 13.2 Å². The minimum absolute atomic E-state index is 0.0362. The van der Waals surface area contributed by atoms with Gasteiger partial charge in [-0.1, -0.05) is 41.1 Å². The summed E-state index contributed by atoms with van der Waals surface area (Å²) in [7, 11) is -3.92. The quantitative estimate of drug-likeness (QED) is 0.553. The molecule has 1 fully saturated rings. The number of hydrogen-bond acceptors (Lipinski definition) is 4. The third kappa shape index (κ3) is 3.81. The first-order valence-electron chi connectivity index (χ1n) is 9.55. The Hall–Kier alpha value is -2.25. The number of piperidine rings is 1. The summed E-state index contributed by atoms with van der Waals surface area (Å²) in [6.07, 6.45) is 3.25. The molecule has 0 unspecified atom stereocenters. The molecule has 3 aromatic rings. The summed E-state index contributed by atoms with van der Waals surface area (Å²) in [5.41, 5.74) is 0.688. The fourth-order valence-electron chi connectivity index (χ4n) is 3.67. The van der Waals surface area contributed by atoms with E-state index in [0.29, 0.717) is 29.9 Å². The van der Waals surface area contributed by atoms with Gasteiger partial charge in [-0.05, 0) is 49.1 Å². The SMILES string of the molecule is CC1CCN(C(=O)c2cnc3ccccc3c2S(=O)(=O)c2ccc(Br)cc2)CC1. The van der Waals surface area contributed by atoms with Gasteiger partial charge in [0.15, 0.2) is 0 Å². The molecule has 2 heterocycles. The van der Waals surface area contributed by atoms with Gasteiger partial charge in [-0.25, -0.2) is 8.42 Å². The van der Waals surface area contributed by atoms with Crippen molar-refractivity contribution in [3.05, 3.63) is 64.8 Å². The highest BCUT2D eigenvalue weighted by molar-refractivity contribution is 9.10. The maximum atomic E-state index is 13.6.